The fourth-order valence-electron chi connectivity index (χ4n) is 2.90. The van der Waals surface area contributed by atoms with Crippen LogP contribution in [0.3, 0.4) is 0 Å². The van der Waals surface area contributed by atoms with E-state index in [2.05, 4.69) is 15.3 Å². The molecule has 1 amide bonds. The van der Waals surface area contributed by atoms with E-state index >= 15 is 0 Å². The molecule has 3 rings (SSSR count). The lowest BCUT2D eigenvalue weighted by molar-refractivity contribution is -0.120. The number of thioether (sulfide) groups is 1. The molecule has 124 valence electrons. The van der Waals surface area contributed by atoms with Gasteiger partial charge in [0.1, 0.15) is 10.7 Å². The van der Waals surface area contributed by atoms with E-state index in [1.807, 2.05) is 6.92 Å². The van der Waals surface area contributed by atoms with Crippen LogP contribution in [-0.2, 0) is 23.4 Å². The summed E-state index contributed by atoms with van der Waals surface area (Å²) in [5, 5.41) is 3.59. The van der Waals surface area contributed by atoms with E-state index in [0.717, 1.165) is 35.2 Å². The van der Waals surface area contributed by atoms with Gasteiger partial charge in [0.15, 0.2) is 0 Å². The second-order valence-corrected chi connectivity index (χ2v) is 7.85. The number of nitrogens with one attached hydrogen (secondary N) is 2. The van der Waals surface area contributed by atoms with Gasteiger partial charge in [-0.15, -0.1) is 11.3 Å². The number of H-pyrrole nitrogens is 1. The van der Waals surface area contributed by atoms with Crippen LogP contribution in [0.4, 0.5) is 0 Å². The Morgan fingerprint density at radius 2 is 2.22 bits per heavy atom. The Morgan fingerprint density at radius 1 is 1.39 bits per heavy atom. The molecule has 2 aromatic rings. The van der Waals surface area contributed by atoms with Crippen molar-refractivity contribution in [3.8, 4) is 0 Å². The van der Waals surface area contributed by atoms with Gasteiger partial charge in [-0.1, -0.05) is 0 Å². The third-order valence-electron chi connectivity index (χ3n) is 3.96. The van der Waals surface area contributed by atoms with Gasteiger partial charge in [0.05, 0.1) is 11.1 Å². The van der Waals surface area contributed by atoms with Crippen LogP contribution in [0.5, 0.6) is 0 Å². The maximum absolute atomic E-state index is 12.4. The molecule has 0 atom stereocenters. The van der Waals surface area contributed by atoms with Gasteiger partial charge in [0.25, 0.3) is 5.56 Å². The predicted octanol–water partition coefficient (Wildman–Crippen LogP) is 2.62. The highest BCUT2D eigenvalue weighted by Crippen LogP contribution is 2.33. The van der Waals surface area contributed by atoms with Crippen LogP contribution in [0.25, 0.3) is 10.2 Å². The molecule has 1 aliphatic carbocycles. The topological polar surface area (TPSA) is 74.8 Å². The van der Waals surface area contributed by atoms with Crippen LogP contribution in [0, 0.1) is 0 Å². The van der Waals surface area contributed by atoms with Crippen LogP contribution in [0.15, 0.2) is 4.79 Å². The van der Waals surface area contributed by atoms with Gasteiger partial charge in [-0.3, -0.25) is 9.59 Å². The standard InChI is InChI=1S/C16H21N3O2S2/c1-2-17-13(20)7-8-22-9-12-18-15(21)14-10-5-3-4-6-11(10)23-16(14)19-12/h2-9H2,1H3,(H,17,20)(H,18,19,21). The van der Waals surface area contributed by atoms with Crippen LogP contribution in [0.2, 0.25) is 0 Å². The summed E-state index contributed by atoms with van der Waals surface area (Å²) in [5.74, 6) is 2.15. The largest absolute Gasteiger partial charge is 0.356 e. The molecule has 5 nitrogen and oxygen atoms in total. The SMILES string of the molecule is CCNC(=O)CCSCc1nc2sc3c(c2c(=O)[nH]1)CCCC3. The molecule has 0 aliphatic heterocycles. The number of hydrogen-bond donors (Lipinski definition) is 2. The molecule has 0 fully saturated rings. The zero-order chi connectivity index (χ0) is 16.2. The molecule has 2 N–H and O–H groups in total. The quantitative estimate of drug-likeness (QED) is 0.785. The van der Waals surface area contributed by atoms with Crippen LogP contribution < -0.4 is 10.9 Å². The van der Waals surface area contributed by atoms with Crippen molar-refractivity contribution in [1.82, 2.24) is 15.3 Å². The lowest BCUT2D eigenvalue weighted by atomic mass is 9.97. The first kappa shape index (κ1) is 16.5. The van der Waals surface area contributed by atoms with Crippen molar-refractivity contribution >= 4 is 39.2 Å². The minimum Gasteiger partial charge on any atom is -0.356 e. The van der Waals surface area contributed by atoms with Crippen molar-refractivity contribution in [2.75, 3.05) is 12.3 Å². The Kier molecular flexibility index (Phi) is 5.38. The molecular formula is C16H21N3O2S2. The van der Waals surface area contributed by atoms with Gasteiger partial charge >= 0.3 is 0 Å². The summed E-state index contributed by atoms with van der Waals surface area (Å²) >= 11 is 3.30. The number of amides is 1. The third kappa shape index (κ3) is 3.77. The van der Waals surface area contributed by atoms with Gasteiger partial charge in [-0.2, -0.15) is 11.8 Å². The number of carbonyl (C=O) groups is 1. The monoisotopic (exact) mass is 351 g/mol. The molecule has 23 heavy (non-hydrogen) atoms. The molecule has 0 aromatic carbocycles. The second-order valence-electron chi connectivity index (χ2n) is 5.66. The van der Waals surface area contributed by atoms with Crippen molar-refractivity contribution < 1.29 is 4.79 Å². The van der Waals surface area contributed by atoms with Crippen molar-refractivity contribution in [1.29, 1.82) is 0 Å². The Morgan fingerprint density at radius 3 is 3.04 bits per heavy atom. The van der Waals surface area contributed by atoms with E-state index in [-0.39, 0.29) is 11.5 Å². The molecule has 2 aromatic heterocycles. The zero-order valence-electron chi connectivity index (χ0n) is 13.2. The van der Waals surface area contributed by atoms with E-state index in [0.29, 0.717) is 24.5 Å². The van der Waals surface area contributed by atoms with Crippen LogP contribution >= 0.6 is 23.1 Å². The van der Waals surface area contributed by atoms with Crippen LogP contribution in [0.1, 0.15) is 42.5 Å². The molecule has 0 saturated heterocycles. The number of thiophene rings is 1. The summed E-state index contributed by atoms with van der Waals surface area (Å²) in [6, 6.07) is 0. The molecule has 2 heterocycles. The average molecular weight is 351 g/mol. The molecular weight excluding hydrogens is 330 g/mol. The minimum absolute atomic E-state index is 0.00581. The maximum atomic E-state index is 12.4. The van der Waals surface area contributed by atoms with Gasteiger partial charge in [-0.25, -0.2) is 4.98 Å². The normalized spacial score (nSPS) is 14.0. The zero-order valence-corrected chi connectivity index (χ0v) is 14.9. The van der Waals surface area contributed by atoms with Crippen molar-refractivity contribution in [2.24, 2.45) is 0 Å². The summed E-state index contributed by atoms with van der Waals surface area (Å²) in [7, 11) is 0. The third-order valence-corrected chi connectivity index (χ3v) is 6.12. The van der Waals surface area contributed by atoms with E-state index < -0.39 is 0 Å². The van der Waals surface area contributed by atoms with Gasteiger partial charge in [0.2, 0.25) is 5.91 Å². The molecule has 0 unspecified atom stereocenters. The summed E-state index contributed by atoms with van der Waals surface area (Å²) in [6.45, 7) is 2.58. The van der Waals surface area contributed by atoms with Gasteiger partial charge in [0, 0.05) is 23.6 Å². The Labute approximate surface area is 143 Å². The highest BCUT2D eigenvalue weighted by atomic mass is 32.2. The first-order valence-corrected chi connectivity index (χ1v) is 10.0. The van der Waals surface area contributed by atoms with E-state index in [1.165, 1.54) is 16.9 Å². The van der Waals surface area contributed by atoms with Crippen molar-refractivity contribution in [2.45, 2.75) is 44.8 Å². The van der Waals surface area contributed by atoms with Crippen molar-refractivity contribution in [3.05, 3.63) is 26.6 Å². The molecule has 1 aliphatic rings. The van der Waals surface area contributed by atoms with Crippen LogP contribution in [-0.4, -0.2) is 28.2 Å². The summed E-state index contributed by atoms with van der Waals surface area (Å²) in [4.78, 5) is 33.6. The number of rotatable bonds is 6. The van der Waals surface area contributed by atoms with Crippen molar-refractivity contribution in [3.63, 3.8) is 0 Å². The highest BCUT2D eigenvalue weighted by Gasteiger charge is 2.19. The first-order valence-electron chi connectivity index (χ1n) is 8.07. The number of fused-ring (bicyclic) bond motifs is 3. The lowest BCUT2D eigenvalue weighted by Crippen LogP contribution is -2.22. The Bertz CT molecular complexity index is 767. The number of aromatic nitrogens is 2. The number of hydrogen-bond acceptors (Lipinski definition) is 5. The number of carbonyl (C=O) groups excluding carboxylic acids is 1. The number of nitrogens with zero attached hydrogens (tertiary/aromatic N) is 1. The molecule has 0 bridgehead atoms. The van der Waals surface area contributed by atoms with E-state index in [4.69, 9.17) is 0 Å². The maximum Gasteiger partial charge on any atom is 0.259 e. The summed E-state index contributed by atoms with van der Waals surface area (Å²) < 4.78 is 0. The van der Waals surface area contributed by atoms with E-state index in [9.17, 15) is 9.59 Å². The predicted molar refractivity (Wildman–Crippen MR) is 96.3 cm³/mol. The lowest BCUT2D eigenvalue weighted by Gasteiger charge is -2.09. The smallest absolute Gasteiger partial charge is 0.259 e. The molecule has 0 saturated carbocycles. The van der Waals surface area contributed by atoms with Gasteiger partial charge in [-0.05, 0) is 38.2 Å². The minimum atomic E-state index is -0.00581. The first-order chi connectivity index (χ1) is 11.2. The summed E-state index contributed by atoms with van der Waals surface area (Å²) in [5.41, 5.74) is 1.22. The Hall–Kier alpha value is -1.34. The van der Waals surface area contributed by atoms with E-state index in [1.54, 1.807) is 23.1 Å². The number of aromatic amines is 1. The summed E-state index contributed by atoms with van der Waals surface area (Å²) in [6.07, 6.45) is 4.95. The number of aryl methyl sites for hydroxylation is 2. The fraction of sp³-hybridized carbons (Fsp3) is 0.562. The Balaban J connectivity index is 1.68. The average Bonchev–Trinajstić information content (AvgIpc) is 2.90. The second kappa shape index (κ2) is 7.49. The molecule has 0 spiro atoms. The molecule has 0 radical (unpaired) electrons. The fourth-order valence-corrected chi connectivity index (χ4v) is 4.98. The highest BCUT2D eigenvalue weighted by molar-refractivity contribution is 7.98. The van der Waals surface area contributed by atoms with Gasteiger partial charge < -0.3 is 10.3 Å². The molecule has 7 heteroatoms.